The third-order valence-electron chi connectivity index (χ3n) is 6.79. The van der Waals surface area contributed by atoms with Gasteiger partial charge in [-0.1, -0.05) is 155 Å². The normalized spacial score (nSPS) is 13.0. The van der Waals surface area contributed by atoms with Gasteiger partial charge >= 0.3 is 0 Å². The van der Waals surface area contributed by atoms with Crippen LogP contribution in [0.2, 0.25) is 0 Å². The molecule has 0 N–H and O–H groups in total. The standard InChI is InChI=1S/C33H60O2/c1-30(2)23-19-16-14-12-10-8-6-7-9-11-13-15-17-22-26-34-29-32(27-33(3,4)5)35-28-31-24-20-18-21-25-31/h18,20-21,24-25,30,32H,6-17,19,22-23,26-29H2,1-5H3. The molecule has 0 fully saturated rings. The van der Waals surface area contributed by atoms with E-state index in [0.717, 1.165) is 18.9 Å². The number of benzene rings is 1. The molecule has 0 radical (unpaired) electrons. The highest BCUT2D eigenvalue weighted by Crippen LogP contribution is 2.23. The zero-order chi connectivity index (χ0) is 25.6. The summed E-state index contributed by atoms with van der Waals surface area (Å²) >= 11 is 0. The van der Waals surface area contributed by atoms with Crippen LogP contribution in [-0.2, 0) is 16.1 Å². The summed E-state index contributed by atoms with van der Waals surface area (Å²) in [6.45, 7) is 13.8. The first-order valence-electron chi connectivity index (χ1n) is 15.1. The van der Waals surface area contributed by atoms with Crippen molar-refractivity contribution in [1.29, 1.82) is 0 Å². The summed E-state index contributed by atoms with van der Waals surface area (Å²) in [7, 11) is 0. The van der Waals surface area contributed by atoms with Crippen molar-refractivity contribution in [2.45, 2.75) is 150 Å². The van der Waals surface area contributed by atoms with E-state index in [1.807, 2.05) is 0 Å². The van der Waals surface area contributed by atoms with Crippen molar-refractivity contribution in [3.8, 4) is 0 Å². The van der Waals surface area contributed by atoms with E-state index in [1.54, 1.807) is 0 Å². The highest BCUT2D eigenvalue weighted by Gasteiger charge is 2.19. The Morgan fingerprint density at radius 2 is 1.14 bits per heavy atom. The SMILES string of the molecule is CC(C)CCCCCCCCCCCCCCCCOCC(CC(C)(C)C)OCc1ccccc1. The Morgan fingerprint density at radius 1 is 0.657 bits per heavy atom. The van der Waals surface area contributed by atoms with Gasteiger partial charge in [0.05, 0.1) is 19.3 Å². The van der Waals surface area contributed by atoms with Crippen molar-refractivity contribution in [2.24, 2.45) is 11.3 Å². The van der Waals surface area contributed by atoms with Crippen molar-refractivity contribution in [3.63, 3.8) is 0 Å². The summed E-state index contributed by atoms with van der Waals surface area (Å²) in [5, 5.41) is 0. The third-order valence-corrected chi connectivity index (χ3v) is 6.79. The first kappa shape index (κ1) is 32.2. The number of ether oxygens (including phenoxy) is 2. The van der Waals surface area contributed by atoms with Crippen molar-refractivity contribution >= 4 is 0 Å². The highest BCUT2D eigenvalue weighted by atomic mass is 16.5. The van der Waals surface area contributed by atoms with E-state index in [4.69, 9.17) is 9.47 Å². The molecule has 0 spiro atoms. The molecule has 1 rings (SSSR count). The second-order valence-corrected chi connectivity index (χ2v) is 12.4. The van der Waals surface area contributed by atoms with E-state index in [2.05, 4.69) is 65.0 Å². The maximum Gasteiger partial charge on any atom is 0.0818 e. The van der Waals surface area contributed by atoms with Crippen LogP contribution < -0.4 is 0 Å². The van der Waals surface area contributed by atoms with Gasteiger partial charge in [-0.15, -0.1) is 0 Å². The Labute approximate surface area is 220 Å². The molecule has 1 atom stereocenters. The molecule has 1 aromatic carbocycles. The number of unbranched alkanes of at least 4 members (excludes halogenated alkanes) is 13. The number of hydrogen-bond acceptors (Lipinski definition) is 2. The highest BCUT2D eigenvalue weighted by molar-refractivity contribution is 5.13. The van der Waals surface area contributed by atoms with Gasteiger partial charge in [0, 0.05) is 6.61 Å². The van der Waals surface area contributed by atoms with Crippen molar-refractivity contribution < 1.29 is 9.47 Å². The molecule has 0 aliphatic rings. The molecule has 1 unspecified atom stereocenters. The van der Waals surface area contributed by atoms with Gasteiger partial charge < -0.3 is 9.47 Å². The van der Waals surface area contributed by atoms with Gasteiger partial charge in [-0.05, 0) is 29.7 Å². The molecule has 0 aliphatic heterocycles. The Morgan fingerprint density at radius 3 is 1.63 bits per heavy atom. The molecular weight excluding hydrogens is 428 g/mol. The van der Waals surface area contributed by atoms with Gasteiger partial charge in [-0.2, -0.15) is 0 Å². The number of rotatable bonds is 23. The predicted octanol–water partition coefficient (Wildman–Crippen LogP) is 10.5. The monoisotopic (exact) mass is 488 g/mol. The molecule has 2 nitrogen and oxygen atoms in total. The predicted molar refractivity (Wildman–Crippen MR) is 154 cm³/mol. The van der Waals surface area contributed by atoms with Crippen LogP contribution in [0.3, 0.4) is 0 Å². The van der Waals surface area contributed by atoms with Crippen molar-refractivity contribution in [3.05, 3.63) is 35.9 Å². The van der Waals surface area contributed by atoms with Gasteiger partial charge in [0.2, 0.25) is 0 Å². The zero-order valence-electron chi connectivity index (χ0n) is 24.3. The molecular formula is C33H60O2. The van der Waals surface area contributed by atoms with E-state index in [-0.39, 0.29) is 11.5 Å². The Bertz CT molecular complexity index is 560. The van der Waals surface area contributed by atoms with Crippen LogP contribution in [0, 0.1) is 11.3 Å². The average Bonchev–Trinajstić information content (AvgIpc) is 2.81. The van der Waals surface area contributed by atoms with Gasteiger partial charge in [0.25, 0.3) is 0 Å². The van der Waals surface area contributed by atoms with Crippen LogP contribution in [0.4, 0.5) is 0 Å². The minimum absolute atomic E-state index is 0.167. The van der Waals surface area contributed by atoms with E-state index in [9.17, 15) is 0 Å². The van der Waals surface area contributed by atoms with Crippen LogP contribution in [0.1, 0.15) is 143 Å². The van der Waals surface area contributed by atoms with E-state index >= 15 is 0 Å². The summed E-state index contributed by atoms with van der Waals surface area (Å²) in [6, 6.07) is 10.5. The Kier molecular flexibility index (Phi) is 19.5. The van der Waals surface area contributed by atoms with Gasteiger partial charge in [-0.25, -0.2) is 0 Å². The third kappa shape index (κ3) is 22.1. The molecule has 35 heavy (non-hydrogen) atoms. The largest absolute Gasteiger partial charge is 0.379 e. The summed E-state index contributed by atoms with van der Waals surface area (Å²) in [5.41, 5.74) is 1.48. The molecule has 0 aromatic heterocycles. The fraction of sp³-hybridized carbons (Fsp3) is 0.818. The molecule has 0 saturated carbocycles. The van der Waals surface area contributed by atoms with Crippen LogP contribution >= 0.6 is 0 Å². The first-order valence-corrected chi connectivity index (χ1v) is 15.1. The summed E-state index contributed by atoms with van der Waals surface area (Å²) in [5.74, 6) is 0.880. The molecule has 0 aliphatic carbocycles. The molecule has 2 heteroatoms. The van der Waals surface area contributed by atoms with E-state index < -0.39 is 0 Å². The lowest BCUT2D eigenvalue weighted by molar-refractivity contribution is -0.0430. The average molecular weight is 489 g/mol. The van der Waals surface area contributed by atoms with Crippen LogP contribution in [-0.4, -0.2) is 19.3 Å². The number of hydrogen-bond donors (Lipinski definition) is 0. The molecule has 0 heterocycles. The fourth-order valence-electron chi connectivity index (χ4n) is 4.73. The minimum atomic E-state index is 0.167. The van der Waals surface area contributed by atoms with Gasteiger partial charge in [0.15, 0.2) is 0 Å². The lowest BCUT2D eigenvalue weighted by atomic mass is 9.89. The molecule has 0 saturated heterocycles. The molecule has 0 bridgehead atoms. The Balaban J connectivity index is 1.92. The second-order valence-electron chi connectivity index (χ2n) is 12.4. The maximum absolute atomic E-state index is 6.22. The first-order chi connectivity index (χ1) is 16.9. The summed E-state index contributed by atoms with van der Waals surface area (Å²) in [6.07, 6.45) is 22.3. The Hall–Kier alpha value is -0.860. The lowest BCUT2D eigenvalue weighted by Crippen LogP contribution is -2.26. The topological polar surface area (TPSA) is 18.5 Å². The van der Waals surface area contributed by atoms with E-state index in [0.29, 0.717) is 13.2 Å². The van der Waals surface area contributed by atoms with Gasteiger partial charge in [-0.3, -0.25) is 0 Å². The van der Waals surface area contributed by atoms with Crippen molar-refractivity contribution in [2.75, 3.05) is 13.2 Å². The van der Waals surface area contributed by atoms with Gasteiger partial charge in [0.1, 0.15) is 0 Å². The van der Waals surface area contributed by atoms with Crippen LogP contribution in [0.5, 0.6) is 0 Å². The van der Waals surface area contributed by atoms with Crippen LogP contribution in [0.15, 0.2) is 30.3 Å². The smallest absolute Gasteiger partial charge is 0.0818 e. The van der Waals surface area contributed by atoms with E-state index in [1.165, 1.54) is 102 Å². The summed E-state index contributed by atoms with van der Waals surface area (Å²) in [4.78, 5) is 0. The quantitative estimate of drug-likeness (QED) is 0.143. The summed E-state index contributed by atoms with van der Waals surface area (Å²) < 4.78 is 12.2. The molecule has 0 amide bonds. The maximum atomic E-state index is 6.22. The lowest BCUT2D eigenvalue weighted by Gasteiger charge is -2.26. The molecule has 204 valence electrons. The molecule has 1 aromatic rings. The fourth-order valence-corrected chi connectivity index (χ4v) is 4.73. The van der Waals surface area contributed by atoms with Crippen molar-refractivity contribution in [1.82, 2.24) is 0 Å². The second kappa shape index (κ2) is 21.2. The van der Waals surface area contributed by atoms with Crippen LogP contribution in [0.25, 0.3) is 0 Å². The zero-order valence-corrected chi connectivity index (χ0v) is 24.3. The minimum Gasteiger partial charge on any atom is -0.379 e.